The van der Waals surface area contributed by atoms with E-state index in [2.05, 4.69) is 43.7 Å². The predicted octanol–water partition coefficient (Wildman–Crippen LogP) is 3.17. The monoisotopic (exact) mass is 454 g/mol. The second-order valence-electron chi connectivity index (χ2n) is 8.96. The topological polar surface area (TPSA) is 78.6 Å². The van der Waals surface area contributed by atoms with Crippen molar-refractivity contribution in [1.82, 2.24) is 24.9 Å². The summed E-state index contributed by atoms with van der Waals surface area (Å²) in [5, 5.41) is 5.14. The lowest BCUT2D eigenvalue weighted by Crippen LogP contribution is -2.51. The first-order chi connectivity index (χ1) is 15.5. The summed E-state index contributed by atoms with van der Waals surface area (Å²) in [6.07, 6.45) is 3.43. The second-order valence-corrected chi connectivity index (χ2v) is 10.2. The summed E-state index contributed by atoms with van der Waals surface area (Å²) in [4.78, 5) is 31.3. The maximum Gasteiger partial charge on any atom is 0.225 e. The predicted molar refractivity (Wildman–Crippen MR) is 125 cm³/mol. The molecular formula is C23H30N6O2S. The van der Waals surface area contributed by atoms with Crippen LogP contribution in [0.2, 0.25) is 0 Å². The van der Waals surface area contributed by atoms with Gasteiger partial charge < -0.3 is 14.3 Å². The molecule has 0 bridgehead atoms. The average molecular weight is 455 g/mol. The van der Waals surface area contributed by atoms with Crippen LogP contribution < -0.4 is 4.90 Å². The first-order valence-electron chi connectivity index (χ1n) is 11.4. The van der Waals surface area contributed by atoms with Gasteiger partial charge in [-0.3, -0.25) is 9.69 Å². The Hall–Kier alpha value is -2.52. The Balaban J connectivity index is 1.16. The molecule has 2 aliphatic heterocycles. The minimum atomic E-state index is 0.109. The van der Waals surface area contributed by atoms with Gasteiger partial charge in [0.1, 0.15) is 17.0 Å². The summed E-state index contributed by atoms with van der Waals surface area (Å²) in [5.41, 5.74) is 2.18. The largest absolute Gasteiger partial charge is 0.360 e. The highest BCUT2D eigenvalue weighted by molar-refractivity contribution is 7.18. The van der Waals surface area contributed by atoms with Crippen LogP contribution in [-0.2, 0) is 11.3 Å². The lowest BCUT2D eigenvalue weighted by Gasteiger charge is -2.38. The molecule has 5 heterocycles. The van der Waals surface area contributed by atoms with Crippen molar-refractivity contribution in [3.8, 4) is 0 Å². The number of carbonyl (C=O) groups excluding carboxylic acids is 1. The van der Waals surface area contributed by atoms with Crippen molar-refractivity contribution in [3.05, 3.63) is 34.3 Å². The third kappa shape index (κ3) is 4.11. The molecule has 3 aromatic rings. The number of fused-ring (bicyclic) bond motifs is 1. The number of aryl methyl sites for hydroxylation is 3. The molecule has 0 radical (unpaired) electrons. The molecule has 8 nitrogen and oxygen atoms in total. The van der Waals surface area contributed by atoms with Crippen LogP contribution in [-0.4, -0.2) is 70.1 Å². The number of aromatic nitrogens is 3. The summed E-state index contributed by atoms with van der Waals surface area (Å²) in [6, 6.07) is 1.98. The van der Waals surface area contributed by atoms with Crippen molar-refractivity contribution in [2.45, 2.75) is 40.2 Å². The van der Waals surface area contributed by atoms with Crippen molar-refractivity contribution < 1.29 is 9.32 Å². The van der Waals surface area contributed by atoms with Crippen molar-refractivity contribution in [1.29, 1.82) is 0 Å². The maximum atomic E-state index is 13.2. The molecule has 5 rings (SSSR count). The Labute approximate surface area is 192 Å². The van der Waals surface area contributed by atoms with Crippen LogP contribution in [0.4, 0.5) is 5.82 Å². The Morgan fingerprint density at radius 3 is 2.53 bits per heavy atom. The molecule has 2 aliphatic rings. The van der Waals surface area contributed by atoms with Gasteiger partial charge in [0, 0.05) is 56.1 Å². The fourth-order valence-corrected chi connectivity index (χ4v) is 5.83. The molecule has 0 spiro atoms. The quantitative estimate of drug-likeness (QED) is 0.599. The lowest BCUT2D eigenvalue weighted by molar-refractivity contribution is -0.138. The van der Waals surface area contributed by atoms with E-state index < -0.39 is 0 Å². The normalized spacial score (nSPS) is 18.6. The van der Waals surface area contributed by atoms with E-state index in [9.17, 15) is 4.79 Å². The number of rotatable bonds is 4. The zero-order valence-corrected chi connectivity index (χ0v) is 19.8. The molecule has 0 saturated carbocycles. The molecule has 170 valence electrons. The van der Waals surface area contributed by atoms with E-state index >= 15 is 0 Å². The third-order valence-electron chi connectivity index (χ3n) is 6.83. The van der Waals surface area contributed by atoms with Crippen molar-refractivity contribution in [3.63, 3.8) is 0 Å². The average Bonchev–Trinajstić information content (AvgIpc) is 3.35. The molecule has 3 aromatic heterocycles. The zero-order chi connectivity index (χ0) is 22.2. The van der Waals surface area contributed by atoms with E-state index in [1.54, 1.807) is 17.7 Å². The number of carbonyl (C=O) groups is 1. The van der Waals surface area contributed by atoms with E-state index in [1.165, 1.54) is 15.8 Å². The van der Waals surface area contributed by atoms with Gasteiger partial charge >= 0.3 is 0 Å². The first kappa shape index (κ1) is 21.3. The molecule has 0 aromatic carbocycles. The minimum absolute atomic E-state index is 0.109. The fourth-order valence-electron chi connectivity index (χ4n) is 4.84. The van der Waals surface area contributed by atoms with E-state index in [1.807, 2.05) is 13.0 Å². The Morgan fingerprint density at radius 2 is 1.84 bits per heavy atom. The van der Waals surface area contributed by atoms with E-state index in [4.69, 9.17) is 4.52 Å². The van der Waals surface area contributed by atoms with Crippen molar-refractivity contribution in [2.75, 3.05) is 44.2 Å². The number of hydrogen-bond donors (Lipinski definition) is 0. The summed E-state index contributed by atoms with van der Waals surface area (Å²) in [6.45, 7) is 12.0. The molecule has 1 amide bonds. The second kappa shape index (κ2) is 8.78. The van der Waals surface area contributed by atoms with Gasteiger partial charge in [0.25, 0.3) is 0 Å². The number of amides is 1. The molecule has 0 aliphatic carbocycles. The molecule has 2 saturated heterocycles. The smallest absolute Gasteiger partial charge is 0.225 e. The number of nitrogens with zero attached hydrogens (tertiary/aromatic N) is 6. The van der Waals surface area contributed by atoms with Crippen LogP contribution >= 0.6 is 11.3 Å². The van der Waals surface area contributed by atoms with Crippen LogP contribution in [0.3, 0.4) is 0 Å². The highest BCUT2D eigenvalue weighted by Gasteiger charge is 2.31. The molecule has 0 N–H and O–H groups in total. The van der Waals surface area contributed by atoms with Crippen LogP contribution in [0.25, 0.3) is 10.2 Å². The third-order valence-corrected chi connectivity index (χ3v) is 7.94. The van der Waals surface area contributed by atoms with E-state index in [0.717, 1.165) is 80.8 Å². The molecule has 0 unspecified atom stereocenters. The highest BCUT2D eigenvalue weighted by atomic mass is 32.1. The zero-order valence-electron chi connectivity index (χ0n) is 19.0. The molecule has 0 atom stereocenters. The SMILES string of the molecule is Cc1cc(CN2CCN(C(=O)C3CCN(c4ncnc5sc(C)c(C)c45)CC3)CC2)on1. The van der Waals surface area contributed by atoms with Gasteiger partial charge in [0.2, 0.25) is 5.91 Å². The summed E-state index contributed by atoms with van der Waals surface area (Å²) in [7, 11) is 0. The fraction of sp³-hybridized carbons (Fsp3) is 0.565. The summed E-state index contributed by atoms with van der Waals surface area (Å²) < 4.78 is 5.33. The molecule has 2 fully saturated rings. The number of thiophene rings is 1. The Bertz CT molecular complexity index is 1110. The van der Waals surface area contributed by atoms with Gasteiger partial charge in [-0.15, -0.1) is 11.3 Å². The summed E-state index contributed by atoms with van der Waals surface area (Å²) in [5.74, 6) is 2.34. The van der Waals surface area contributed by atoms with Crippen LogP contribution in [0.1, 0.15) is 34.7 Å². The number of hydrogen-bond acceptors (Lipinski definition) is 8. The van der Waals surface area contributed by atoms with Crippen LogP contribution in [0.5, 0.6) is 0 Å². The number of piperazine rings is 1. The highest BCUT2D eigenvalue weighted by Crippen LogP contribution is 2.35. The van der Waals surface area contributed by atoms with Crippen LogP contribution in [0, 0.1) is 26.7 Å². The minimum Gasteiger partial charge on any atom is -0.360 e. The van der Waals surface area contributed by atoms with Gasteiger partial charge in [-0.25, -0.2) is 9.97 Å². The Kier molecular flexibility index (Phi) is 5.86. The molecular weight excluding hydrogens is 424 g/mol. The van der Waals surface area contributed by atoms with E-state index in [0.29, 0.717) is 5.91 Å². The first-order valence-corrected chi connectivity index (χ1v) is 12.2. The Morgan fingerprint density at radius 1 is 1.09 bits per heavy atom. The van der Waals surface area contributed by atoms with Crippen molar-refractivity contribution >= 4 is 33.3 Å². The lowest BCUT2D eigenvalue weighted by atomic mass is 9.94. The van der Waals surface area contributed by atoms with Gasteiger partial charge in [0.05, 0.1) is 17.6 Å². The number of anilines is 1. The van der Waals surface area contributed by atoms with Gasteiger partial charge in [-0.05, 0) is 39.2 Å². The maximum absolute atomic E-state index is 13.2. The summed E-state index contributed by atoms with van der Waals surface area (Å²) >= 11 is 1.73. The number of piperidine rings is 1. The van der Waals surface area contributed by atoms with E-state index in [-0.39, 0.29) is 5.92 Å². The molecule has 9 heteroatoms. The molecule has 32 heavy (non-hydrogen) atoms. The van der Waals surface area contributed by atoms with Gasteiger partial charge in [0.15, 0.2) is 5.76 Å². The van der Waals surface area contributed by atoms with Crippen molar-refractivity contribution in [2.24, 2.45) is 5.92 Å². The van der Waals surface area contributed by atoms with Gasteiger partial charge in [-0.2, -0.15) is 0 Å². The van der Waals surface area contributed by atoms with Gasteiger partial charge in [-0.1, -0.05) is 5.16 Å². The van der Waals surface area contributed by atoms with Crippen LogP contribution in [0.15, 0.2) is 16.9 Å². The standard InChI is InChI=1S/C23H30N6O2S/c1-15-12-19(31-26-15)13-27-8-10-29(11-9-27)23(30)18-4-6-28(7-5-18)21-20-16(2)17(3)32-22(20)25-14-24-21/h12,14,18H,4-11,13H2,1-3H3.